The number of amides is 1. The van der Waals surface area contributed by atoms with Crippen LogP contribution in [0.3, 0.4) is 0 Å². The Morgan fingerprint density at radius 2 is 1.95 bits per heavy atom. The fourth-order valence-corrected chi connectivity index (χ4v) is 1.74. The van der Waals surface area contributed by atoms with Crippen molar-refractivity contribution < 1.29 is 13.6 Å². The third-order valence-electron chi connectivity index (χ3n) is 2.30. The van der Waals surface area contributed by atoms with Crippen LogP contribution >= 0.6 is 15.9 Å². The van der Waals surface area contributed by atoms with Gasteiger partial charge in [-0.05, 0) is 28.1 Å². The molecule has 19 heavy (non-hydrogen) atoms. The molecule has 0 saturated heterocycles. The third kappa shape index (κ3) is 3.05. The Morgan fingerprint density at radius 3 is 2.63 bits per heavy atom. The summed E-state index contributed by atoms with van der Waals surface area (Å²) in [4.78, 5) is 25.2. The first-order valence-electron chi connectivity index (χ1n) is 5.12. The first-order valence-corrected chi connectivity index (χ1v) is 5.91. The molecule has 0 aliphatic heterocycles. The van der Waals surface area contributed by atoms with Gasteiger partial charge in [0.25, 0.3) is 5.91 Å². The molecule has 0 radical (unpaired) electrons. The van der Waals surface area contributed by atoms with Gasteiger partial charge in [0.1, 0.15) is 11.6 Å². The number of aromatic amines is 1. The van der Waals surface area contributed by atoms with Crippen molar-refractivity contribution in [2.75, 3.05) is 5.32 Å². The Bertz CT molecular complexity index is 700. The van der Waals surface area contributed by atoms with Gasteiger partial charge in [0, 0.05) is 23.9 Å². The summed E-state index contributed by atoms with van der Waals surface area (Å²) in [6.45, 7) is 0. The first kappa shape index (κ1) is 13.4. The molecule has 0 fully saturated rings. The number of nitrogens with one attached hydrogen (secondary N) is 2. The summed E-state index contributed by atoms with van der Waals surface area (Å²) in [5.41, 5.74) is -0.560. The summed E-state index contributed by atoms with van der Waals surface area (Å²) in [7, 11) is 0. The van der Waals surface area contributed by atoms with Crippen molar-refractivity contribution in [2.45, 2.75) is 0 Å². The van der Waals surface area contributed by atoms with Crippen LogP contribution in [0.15, 0.2) is 39.7 Å². The van der Waals surface area contributed by atoms with E-state index in [9.17, 15) is 18.4 Å². The van der Waals surface area contributed by atoms with Crippen molar-refractivity contribution in [1.29, 1.82) is 0 Å². The highest BCUT2D eigenvalue weighted by molar-refractivity contribution is 9.10. The average Bonchev–Trinajstić information content (AvgIpc) is 2.36. The number of anilines is 1. The summed E-state index contributed by atoms with van der Waals surface area (Å²) in [6, 6.07) is 4.20. The van der Waals surface area contributed by atoms with Crippen molar-refractivity contribution in [3.05, 3.63) is 62.5 Å². The van der Waals surface area contributed by atoms with Crippen molar-refractivity contribution in [1.82, 2.24) is 4.98 Å². The summed E-state index contributed by atoms with van der Waals surface area (Å²) >= 11 is 2.89. The van der Waals surface area contributed by atoms with Gasteiger partial charge in [-0.2, -0.15) is 0 Å². The van der Waals surface area contributed by atoms with E-state index >= 15 is 0 Å². The number of hydrogen-bond acceptors (Lipinski definition) is 2. The molecule has 2 rings (SSSR count). The highest BCUT2D eigenvalue weighted by Crippen LogP contribution is 2.23. The number of rotatable bonds is 2. The lowest BCUT2D eigenvalue weighted by atomic mass is 10.2. The molecule has 0 atom stereocenters. The van der Waals surface area contributed by atoms with E-state index in [4.69, 9.17) is 0 Å². The second-order valence-corrected chi connectivity index (χ2v) is 4.50. The van der Waals surface area contributed by atoms with Gasteiger partial charge in [-0.15, -0.1) is 0 Å². The van der Waals surface area contributed by atoms with Crippen molar-refractivity contribution in [3.63, 3.8) is 0 Å². The third-order valence-corrected chi connectivity index (χ3v) is 2.90. The molecule has 0 saturated carbocycles. The van der Waals surface area contributed by atoms with E-state index in [1.807, 2.05) is 0 Å². The van der Waals surface area contributed by atoms with E-state index in [1.54, 1.807) is 0 Å². The van der Waals surface area contributed by atoms with Gasteiger partial charge < -0.3 is 10.3 Å². The number of benzene rings is 1. The standard InChI is InChI=1S/C12H7BrF2N2O2/c13-7-4-10(9(15)5-8(7)14)17-12(19)6-1-2-16-11(18)3-6/h1-5H,(H,16,18)(H,17,19). The van der Waals surface area contributed by atoms with Gasteiger partial charge in [-0.3, -0.25) is 9.59 Å². The molecule has 2 aromatic rings. The van der Waals surface area contributed by atoms with Gasteiger partial charge in [-0.1, -0.05) is 0 Å². The molecule has 7 heteroatoms. The molecule has 1 aromatic heterocycles. The van der Waals surface area contributed by atoms with Gasteiger partial charge >= 0.3 is 0 Å². The molecule has 1 amide bonds. The largest absolute Gasteiger partial charge is 0.329 e. The maximum atomic E-state index is 13.4. The van der Waals surface area contributed by atoms with Gasteiger partial charge in [0.15, 0.2) is 0 Å². The van der Waals surface area contributed by atoms with E-state index in [0.717, 1.165) is 12.1 Å². The second kappa shape index (κ2) is 5.31. The number of carbonyl (C=O) groups excluding carboxylic acids is 1. The number of aromatic nitrogens is 1. The quantitative estimate of drug-likeness (QED) is 0.832. The summed E-state index contributed by atoms with van der Waals surface area (Å²) < 4.78 is 26.5. The molecule has 4 nitrogen and oxygen atoms in total. The molecule has 1 heterocycles. The van der Waals surface area contributed by atoms with Crippen molar-refractivity contribution in [2.24, 2.45) is 0 Å². The minimum atomic E-state index is -0.904. The molecule has 0 aliphatic carbocycles. The van der Waals surface area contributed by atoms with Crippen LogP contribution in [0.2, 0.25) is 0 Å². The Balaban J connectivity index is 2.29. The number of pyridine rings is 1. The zero-order chi connectivity index (χ0) is 14.0. The minimum absolute atomic E-state index is 0.0232. The monoisotopic (exact) mass is 328 g/mol. The first-order chi connectivity index (χ1) is 8.97. The average molecular weight is 329 g/mol. The Morgan fingerprint density at radius 1 is 1.21 bits per heavy atom. The van der Waals surface area contributed by atoms with E-state index in [0.29, 0.717) is 6.07 Å². The fourth-order valence-electron chi connectivity index (χ4n) is 1.40. The maximum Gasteiger partial charge on any atom is 0.255 e. The lowest BCUT2D eigenvalue weighted by molar-refractivity contribution is 0.102. The van der Waals surface area contributed by atoms with Crippen LogP contribution in [0.5, 0.6) is 0 Å². The molecule has 0 unspecified atom stereocenters. The predicted molar refractivity (Wildman–Crippen MR) is 69.1 cm³/mol. The summed E-state index contributed by atoms with van der Waals surface area (Å²) in [5, 5.41) is 2.26. The highest BCUT2D eigenvalue weighted by Gasteiger charge is 2.12. The van der Waals surface area contributed by atoms with Gasteiger partial charge in [-0.25, -0.2) is 8.78 Å². The van der Waals surface area contributed by atoms with E-state index in [2.05, 4.69) is 26.2 Å². The molecular formula is C12H7BrF2N2O2. The maximum absolute atomic E-state index is 13.4. The highest BCUT2D eigenvalue weighted by atomic mass is 79.9. The van der Waals surface area contributed by atoms with Crippen LogP contribution in [-0.2, 0) is 0 Å². The summed E-state index contributed by atoms with van der Waals surface area (Å²) in [5.74, 6) is -2.34. The van der Waals surface area contributed by atoms with Crippen LogP contribution in [0.4, 0.5) is 14.5 Å². The molecular weight excluding hydrogens is 322 g/mol. The molecule has 0 aliphatic rings. The zero-order valence-electron chi connectivity index (χ0n) is 9.34. The molecule has 0 spiro atoms. The number of carbonyl (C=O) groups is 1. The Kier molecular flexibility index (Phi) is 3.75. The zero-order valence-corrected chi connectivity index (χ0v) is 10.9. The smallest absolute Gasteiger partial charge is 0.255 e. The fraction of sp³-hybridized carbons (Fsp3) is 0. The van der Waals surface area contributed by atoms with Crippen molar-refractivity contribution in [3.8, 4) is 0 Å². The minimum Gasteiger partial charge on any atom is -0.329 e. The normalized spacial score (nSPS) is 10.3. The van der Waals surface area contributed by atoms with Crippen LogP contribution in [-0.4, -0.2) is 10.9 Å². The van der Waals surface area contributed by atoms with E-state index in [1.165, 1.54) is 12.3 Å². The topological polar surface area (TPSA) is 62.0 Å². The lowest BCUT2D eigenvalue weighted by Crippen LogP contribution is -2.16. The van der Waals surface area contributed by atoms with Crippen molar-refractivity contribution >= 4 is 27.5 Å². The number of H-pyrrole nitrogens is 1. The summed E-state index contributed by atoms with van der Waals surface area (Å²) in [6.07, 6.45) is 1.30. The van der Waals surface area contributed by atoms with Crippen LogP contribution in [0.25, 0.3) is 0 Å². The van der Waals surface area contributed by atoms with Gasteiger partial charge in [0.2, 0.25) is 5.56 Å². The molecule has 0 bridgehead atoms. The van der Waals surface area contributed by atoms with Crippen LogP contribution < -0.4 is 10.9 Å². The van der Waals surface area contributed by atoms with Crippen LogP contribution in [0, 0.1) is 11.6 Å². The molecule has 1 aromatic carbocycles. The lowest BCUT2D eigenvalue weighted by Gasteiger charge is -2.07. The molecule has 2 N–H and O–H groups in total. The Labute approximate surface area is 114 Å². The predicted octanol–water partition coefficient (Wildman–Crippen LogP) is 2.67. The van der Waals surface area contributed by atoms with E-state index < -0.39 is 23.1 Å². The number of hydrogen-bond donors (Lipinski definition) is 2. The van der Waals surface area contributed by atoms with Crippen LogP contribution in [0.1, 0.15) is 10.4 Å². The molecule has 98 valence electrons. The SMILES string of the molecule is O=C(Nc1cc(Br)c(F)cc1F)c1cc[nH]c(=O)c1. The van der Waals surface area contributed by atoms with E-state index in [-0.39, 0.29) is 15.7 Å². The van der Waals surface area contributed by atoms with Gasteiger partial charge in [0.05, 0.1) is 10.2 Å². The second-order valence-electron chi connectivity index (χ2n) is 3.64. The Hall–Kier alpha value is -2.02. The number of halogens is 3.